The zero-order valence-electron chi connectivity index (χ0n) is 19.7. The van der Waals surface area contributed by atoms with Crippen molar-refractivity contribution in [2.24, 2.45) is 0 Å². The first-order valence-electron chi connectivity index (χ1n) is 10.5. The van der Waals surface area contributed by atoms with Gasteiger partial charge in [0.25, 0.3) is 0 Å². The van der Waals surface area contributed by atoms with Crippen molar-refractivity contribution in [2.45, 2.75) is 84.4 Å². The molecule has 10 nitrogen and oxygen atoms in total. The number of rotatable bonds is 7. The number of nitrogens with one attached hydrogen (secondary N) is 1. The molecule has 1 aromatic rings. The van der Waals surface area contributed by atoms with Crippen LogP contribution >= 0.6 is 0 Å². The number of amides is 1. The Balaban J connectivity index is 2.44. The van der Waals surface area contributed by atoms with Crippen LogP contribution in [-0.2, 0) is 49.5 Å². The van der Waals surface area contributed by atoms with Crippen molar-refractivity contribution in [3.8, 4) is 0 Å². The molecule has 0 aliphatic carbocycles. The maximum atomic E-state index is 13.0. The Kier molecular flexibility index (Phi) is 8.95. The van der Waals surface area contributed by atoms with Crippen LogP contribution in [-0.4, -0.2) is 60.1 Å². The van der Waals surface area contributed by atoms with Crippen LogP contribution in [0.4, 0.5) is 0 Å². The molecule has 0 unspecified atom stereocenters. The van der Waals surface area contributed by atoms with Gasteiger partial charge in [0.1, 0.15) is 11.6 Å². The number of ether oxygens (including phenoxy) is 5. The lowest BCUT2D eigenvalue weighted by Gasteiger charge is -2.44. The summed E-state index contributed by atoms with van der Waals surface area (Å²) in [7, 11) is 0. The van der Waals surface area contributed by atoms with Crippen LogP contribution in [0.15, 0.2) is 30.3 Å². The molecular formula is C23H31NO9. The molecule has 1 saturated heterocycles. The highest BCUT2D eigenvalue weighted by molar-refractivity contribution is 5.78. The molecule has 0 saturated carbocycles. The monoisotopic (exact) mass is 465 g/mol. The van der Waals surface area contributed by atoms with E-state index in [4.69, 9.17) is 23.7 Å². The normalized spacial score (nSPS) is 25.0. The molecule has 1 aliphatic heterocycles. The summed E-state index contributed by atoms with van der Waals surface area (Å²) in [6.07, 6.45) is -5.34. The molecule has 1 fully saturated rings. The summed E-state index contributed by atoms with van der Waals surface area (Å²) < 4.78 is 27.9. The summed E-state index contributed by atoms with van der Waals surface area (Å²) in [5.74, 6) is -2.74. The van der Waals surface area contributed by atoms with E-state index >= 15 is 0 Å². The molecule has 1 aliphatic rings. The zero-order chi connectivity index (χ0) is 24.8. The topological polar surface area (TPSA) is 126 Å². The van der Waals surface area contributed by atoms with Crippen LogP contribution in [0, 0.1) is 0 Å². The fourth-order valence-corrected chi connectivity index (χ4v) is 3.32. The Morgan fingerprint density at radius 2 is 1.52 bits per heavy atom. The fraction of sp³-hybridized carbons (Fsp3) is 0.565. The molecule has 182 valence electrons. The van der Waals surface area contributed by atoms with Gasteiger partial charge in [-0.25, -0.2) is 4.79 Å². The minimum Gasteiger partial charge on any atom is -0.458 e. The van der Waals surface area contributed by atoms with Gasteiger partial charge in [0.2, 0.25) is 5.91 Å². The highest BCUT2D eigenvalue weighted by Crippen LogP contribution is 2.29. The van der Waals surface area contributed by atoms with Crippen molar-refractivity contribution >= 4 is 23.8 Å². The lowest BCUT2D eigenvalue weighted by atomic mass is 9.95. The van der Waals surface area contributed by atoms with Crippen LogP contribution < -0.4 is 5.32 Å². The fourth-order valence-electron chi connectivity index (χ4n) is 3.32. The van der Waals surface area contributed by atoms with Crippen LogP contribution in [0.1, 0.15) is 47.1 Å². The molecule has 0 spiro atoms. The van der Waals surface area contributed by atoms with Gasteiger partial charge in [0.15, 0.2) is 24.6 Å². The van der Waals surface area contributed by atoms with E-state index in [1.165, 1.54) is 6.92 Å². The van der Waals surface area contributed by atoms with E-state index in [1.54, 1.807) is 20.8 Å². The largest absolute Gasteiger partial charge is 0.458 e. The van der Waals surface area contributed by atoms with Crippen LogP contribution in [0.2, 0.25) is 0 Å². The predicted molar refractivity (Wildman–Crippen MR) is 114 cm³/mol. The van der Waals surface area contributed by atoms with E-state index in [-0.39, 0.29) is 6.61 Å². The molecule has 33 heavy (non-hydrogen) atoms. The summed E-state index contributed by atoms with van der Waals surface area (Å²) in [4.78, 5) is 48.6. The number of hydrogen-bond donors (Lipinski definition) is 1. The first-order chi connectivity index (χ1) is 15.4. The molecular weight excluding hydrogens is 434 g/mol. The van der Waals surface area contributed by atoms with E-state index in [9.17, 15) is 19.2 Å². The van der Waals surface area contributed by atoms with Crippen LogP contribution in [0.3, 0.4) is 0 Å². The number of carbonyl (C=O) groups excluding carboxylic acids is 4. The van der Waals surface area contributed by atoms with Crippen LogP contribution in [0.25, 0.3) is 0 Å². The van der Waals surface area contributed by atoms with Gasteiger partial charge in [0, 0.05) is 20.8 Å². The average molecular weight is 465 g/mol. The standard InChI is InChI=1S/C23H31NO9/c1-13(25)24-17-18(30-14(2)26)19(31-15(3)27)20(21(28)33-23(4,5)6)32-22(17)29-12-16-10-8-7-9-11-16/h7-11,17-20,22H,12H2,1-6H3,(H,24,25)/t17-,18-,19+,20+,22+/m1/s1. The van der Waals surface area contributed by atoms with Crippen molar-refractivity contribution in [3.63, 3.8) is 0 Å². The molecule has 1 N–H and O–H groups in total. The number of hydrogen-bond acceptors (Lipinski definition) is 9. The summed E-state index contributed by atoms with van der Waals surface area (Å²) >= 11 is 0. The second-order valence-corrected chi connectivity index (χ2v) is 8.63. The summed E-state index contributed by atoms with van der Waals surface area (Å²) in [6, 6.07) is 8.08. The van der Waals surface area contributed by atoms with Gasteiger partial charge in [0.05, 0.1) is 6.61 Å². The van der Waals surface area contributed by atoms with Gasteiger partial charge >= 0.3 is 17.9 Å². The Hall–Kier alpha value is -2.98. The number of esters is 3. The molecule has 1 aromatic carbocycles. The maximum absolute atomic E-state index is 13.0. The van der Waals surface area contributed by atoms with Gasteiger partial charge in [-0.3, -0.25) is 14.4 Å². The van der Waals surface area contributed by atoms with E-state index in [2.05, 4.69) is 5.32 Å². The van der Waals surface area contributed by atoms with Gasteiger partial charge in [-0.2, -0.15) is 0 Å². The van der Waals surface area contributed by atoms with Gasteiger partial charge < -0.3 is 29.0 Å². The molecule has 10 heteroatoms. The molecule has 2 rings (SSSR count). The summed E-state index contributed by atoms with van der Waals surface area (Å²) in [5.41, 5.74) is -0.0600. The van der Waals surface area contributed by atoms with Gasteiger partial charge in [-0.05, 0) is 26.3 Å². The lowest BCUT2D eigenvalue weighted by Crippen LogP contribution is -2.67. The molecule has 1 amide bonds. The molecule has 1 heterocycles. The van der Waals surface area contributed by atoms with E-state index in [0.717, 1.165) is 19.4 Å². The highest BCUT2D eigenvalue weighted by atomic mass is 16.7. The number of carbonyl (C=O) groups is 4. The molecule has 0 aromatic heterocycles. The summed E-state index contributed by atoms with van der Waals surface area (Å²) in [5, 5.41) is 2.62. The van der Waals surface area contributed by atoms with Gasteiger partial charge in [-0.15, -0.1) is 0 Å². The Morgan fingerprint density at radius 3 is 2.03 bits per heavy atom. The Labute approximate surface area is 192 Å². The SMILES string of the molecule is CC(=O)N[C@H]1[C@@H](OCc2ccccc2)O[C@H](C(=O)OC(C)(C)C)[C@@H](OC(C)=O)[C@@H]1OC(C)=O. The first kappa shape index (κ1) is 26.3. The van der Waals surface area contributed by atoms with E-state index in [0.29, 0.717) is 0 Å². The summed E-state index contributed by atoms with van der Waals surface area (Å²) in [6.45, 7) is 8.65. The van der Waals surface area contributed by atoms with Crippen molar-refractivity contribution in [2.75, 3.05) is 0 Å². The van der Waals surface area contributed by atoms with Crippen molar-refractivity contribution in [3.05, 3.63) is 35.9 Å². The third-order valence-electron chi connectivity index (χ3n) is 4.42. The number of benzene rings is 1. The highest BCUT2D eigenvalue weighted by Gasteiger charge is 2.54. The predicted octanol–water partition coefficient (Wildman–Crippen LogP) is 1.64. The third kappa shape index (κ3) is 8.14. The Bertz CT molecular complexity index is 849. The smallest absolute Gasteiger partial charge is 0.339 e. The minimum atomic E-state index is -1.47. The first-order valence-corrected chi connectivity index (χ1v) is 10.5. The van der Waals surface area contributed by atoms with Crippen molar-refractivity contribution < 1.29 is 42.9 Å². The van der Waals surface area contributed by atoms with Crippen molar-refractivity contribution in [1.82, 2.24) is 5.32 Å². The second kappa shape index (κ2) is 11.2. The molecule has 0 radical (unpaired) electrons. The van der Waals surface area contributed by atoms with Crippen LogP contribution in [0.5, 0.6) is 0 Å². The van der Waals surface area contributed by atoms with E-state index in [1.807, 2.05) is 30.3 Å². The second-order valence-electron chi connectivity index (χ2n) is 8.63. The van der Waals surface area contributed by atoms with Crippen molar-refractivity contribution in [1.29, 1.82) is 0 Å². The van der Waals surface area contributed by atoms with E-state index < -0.39 is 60.1 Å². The molecule has 0 bridgehead atoms. The lowest BCUT2D eigenvalue weighted by molar-refractivity contribution is -0.277. The van der Waals surface area contributed by atoms with Gasteiger partial charge in [-0.1, -0.05) is 30.3 Å². The quantitative estimate of drug-likeness (QED) is 0.472. The zero-order valence-corrected chi connectivity index (χ0v) is 19.7. The third-order valence-corrected chi connectivity index (χ3v) is 4.42. The molecule has 5 atom stereocenters. The average Bonchev–Trinajstić information content (AvgIpc) is 2.68. The minimum absolute atomic E-state index is 0.0770. The Morgan fingerprint density at radius 1 is 0.939 bits per heavy atom. The maximum Gasteiger partial charge on any atom is 0.339 e.